The van der Waals surface area contributed by atoms with Crippen molar-refractivity contribution < 1.29 is 9.90 Å². The quantitative estimate of drug-likeness (QED) is 0.834. The number of rotatable bonds is 1. The van der Waals surface area contributed by atoms with Gasteiger partial charge in [-0.1, -0.05) is 6.07 Å². The van der Waals surface area contributed by atoms with E-state index in [2.05, 4.69) is 11.9 Å². The number of carbonyl (C=O) groups is 1. The van der Waals surface area contributed by atoms with Crippen molar-refractivity contribution in [1.82, 2.24) is 4.98 Å². The van der Waals surface area contributed by atoms with E-state index in [0.717, 1.165) is 5.69 Å². The third-order valence-electron chi connectivity index (χ3n) is 1.72. The van der Waals surface area contributed by atoms with E-state index in [4.69, 9.17) is 5.11 Å². The zero-order valence-corrected chi connectivity index (χ0v) is 10.1. The maximum Gasteiger partial charge on any atom is 0.345 e. The van der Waals surface area contributed by atoms with E-state index in [1.54, 1.807) is 28.8 Å². The minimum Gasteiger partial charge on any atom is -0.477 e. The fourth-order valence-electron chi connectivity index (χ4n) is 0.761. The van der Waals surface area contributed by atoms with Crippen LogP contribution in [-0.4, -0.2) is 16.1 Å². The number of thiazole rings is 1. The fraction of sp³-hybridized carbons (Fsp3) is 0.200. The van der Waals surface area contributed by atoms with E-state index < -0.39 is 5.97 Å². The molecule has 15 heavy (non-hydrogen) atoms. The molecular weight excluding hydrogens is 230 g/mol. The Kier molecular flexibility index (Phi) is 4.45. The molecule has 1 N–H and O–H groups in total. The van der Waals surface area contributed by atoms with Crippen molar-refractivity contribution in [3.05, 3.63) is 38.5 Å². The highest BCUT2D eigenvalue weighted by atomic mass is 32.1. The average Bonchev–Trinajstić information content (AvgIpc) is 2.80. The molecule has 5 heteroatoms. The van der Waals surface area contributed by atoms with Gasteiger partial charge >= 0.3 is 5.97 Å². The monoisotopic (exact) mass is 241 g/mol. The minimum absolute atomic E-state index is 0.394. The zero-order valence-electron chi connectivity index (χ0n) is 8.43. The van der Waals surface area contributed by atoms with E-state index in [1.165, 1.54) is 16.2 Å². The molecule has 0 aliphatic rings. The second-order valence-electron chi connectivity index (χ2n) is 2.78. The number of carboxylic acid groups (broad SMARTS) is 1. The van der Waals surface area contributed by atoms with E-state index in [-0.39, 0.29) is 0 Å². The van der Waals surface area contributed by atoms with Crippen molar-refractivity contribution in [3.8, 4) is 0 Å². The van der Waals surface area contributed by atoms with Crippen LogP contribution < -0.4 is 0 Å². The Morgan fingerprint density at radius 3 is 2.33 bits per heavy atom. The highest BCUT2D eigenvalue weighted by Gasteiger charge is 1.99. The van der Waals surface area contributed by atoms with Gasteiger partial charge in [0.15, 0.2) is 0 Å². The lowest BCUT2D eigenvalue weighted by Crippen LogP contribution is -1.89. The topological polar surface area (TPSA) is 50.2 Å². The minimum atomic E-state index is -0.847. The summed E-state index contributed by atoms with van der Waals surface area (Å²) in [6, 6.07) is 3.29. The second kappa shape index (κ2) is 5.63. The SMILES string of the molecule is Cc1ncsc1C.O=C(O)c1cccs1. The molecule has 3 nitrogen and oxygen atoms in total. The highest BCUT2D eigenvalue weighted by Crippen LogP contribution is 2.08. The first-order chi connectivity index (χ1) is 7.11. The van der Waals surface area contributed by atoms with Crippen LogP contribution in [0.3, 0.4) is 0 Å². The molecule has 0 atom stereocenters. The van der Waals surface area contributed by atoms with E-state index in [9.17, 15) is 4.79 Å². The predicted octanol–water partition coefficient (Wildman–Crippen LogP) is 3.21. The van der Waals surface area contributed by atoms with Crippen LogP contribution in [0.15, 0.2) is 23.0 Å². The second-order valence-corrected chi connectivity index (χ2v) is 4.78. The van der Waals surface area contributed by atoms with Crippen LogP contribution in [0.25, 0.3) is 0 Å². The van der Waals surface area contributed by atoms with Crippen LogP contribution in [-0.2, 0) is 0 Å². The fourth-order valence-corrected chi connectivity index (χ4v) is 1.91. The number of aromatic carboxylic acids is 1. The van der Waals surface area contributed by atoms with Crippen LogP contribution in [0.5, 0.6) is 0 Å². The van der Waals surface area contributed by atoms with Gasteiger partial charge in [0, 0.05) is 4.88 Å². The van der Waals surface area contributed by atoms with E-state index in [1.807, 2.05) is 12.4 Å². The molecule has 0 amide bonds. The molecular formula is C10H11NO2S2. The van der Waals surface area contributed by atoms with Gasteiger partial charge in [0.05, 0.1) is 11.2 Å². The highest BCUT2D eigenvalue weighted by molar-refractivity contribution is 7.11. The molecule has 2 aromatic heterocycles. The molecule has 0 radical (unpaired) electrons. The van der Waals surface area contributed by atoms with E-state index in [0.29, 0.717) is 4.88 Å². The molecule has 0 aromatic carbocycles. The van der Waals surface area contributed by atoms with Crippen molar-refractivity contribution in [2.24, 2.45) is 0 Å². The third kappa shape index (κ3) is 3.81. The van der Waals surface area contributed by atoms with Gasteiger partial charge in [-0.25, -0.2) is 9.78 Å². The molecule has 2 rings (SSSR count). The molecule has 2 aromatic rings. The van der Waals surface area contributed by atoms with Gasteiger partial charge in [0.2, 0.25) is 0 Å². The third-order valence-corrected chi connectivity index (χ3v) is 3.43. The molecule has 0 fully saturated rings. The number of hydrogen-bond acceptors (Lipinski definition) is 4. The van der Waals surface area contributed by atoms with Crippen LogP contribution in [0.1, 0.15) is 20.2 Å². The first kappa shape index (κ1) is 11.9. The Balaban J connectivity index is 0.000000151. The maximum absolute atomic E-state index is 10.1. The number of nitrogens with zero attached hydrogens (tertiary/aromatic N) is 1. The van der Waals surface area contributed by atoms with Gasteiger partial charge < -0.3 is 5.11 Å². The molecule has 0 saturated heterocycles. The van der Waals surface area contributed by atoms with Gasteiger partial charge in [-0.15, -0.1) is 22.7 Å². The molecule has 0 saturated carbocycles. The van der Waals surface area contributed by atoms with Gasteiger partial charge in [-0.2, -0.15) is 0 Å². The normalized spacial score (nSPS) is 9.20. The summed E-state index contributed by atoms with van der Waals surface area (Å²) in [5, 5.41) is 10.0. The standard InChI is InChI=1S/C5H7NS.C5H4O2S/c1-4-5(2)7-3-6-4;6-5(7)4-2-1-3-8-4/h3H,1-2H3;1-3H,(H,6,7). The number of carboxylic acids is 1. The van der Waals surface area contributed by atoms with Gasteiger partial charge in [-0.05, 0) is 25.3 Å². The maximum atomic E-state index is 10.1. The largest absolute Gasteiger partial charge is 0.477 e. The summed E-state index contributed by atoms with van der Waals surface area (Å²) < 4.78 is 0. The zero-order chi connectivity index (χ0) is 11.3. The van der Waals surface area contributed by atoms with Gasteiger partial charge in [0.25, 0.3) is 0 Å². The summed E-state index contributed by atoms with van der Waals surface area (Å²) in [6.07, 6.45) is 0. The Morgan fingerprint density at radius 1 is 1.40 bits per heavy atom. The van der Waals surface area contributed by atoms with Crippen molar-refractivity contribution in [2.75, 3.05) is 0 Å². The van der Waals surface area contributed by atoms with Crippen molar-refractivity contribution in [3.63, 3.8) is 0 Å². The summed E-state index contributed by atoms with van der Waals surface area (Å²) in [5.74, 6) is -0.847. The average molecular weight is 241 g/mol. The van der Waals surface area contributed by atoms with Crippen LogP contribution >= 0.6 is 22.7 Å². The molecule has 0 spiro atoms. The summed E-state index contributed by atoms with van der Waals surface area (Å²) in [4.78, 5) is 15.8. The summed E-state index contributed by atoms with van der Waals surface area (Å²) in [6.45, 7) is 4.10. The lowest BCUT2D eigenvalue weighted by molar-refractivity contribution is 0.0702. The van der Waals surface area contributed by atoms with Gasteiger partial charge in [0.1, 0.15) is 4.88 Å². The van der Waals surface area contributed by atoms with Gasteiger partial charge in [-0.3, -0.25) is 0 Å². The molecule has 0 unspecified atom stereocenters. The van der Waals surface area contributed by atoms with Crippen molar-refractivity contribution in [2.45, 2.75) is 13.8 Å². The summed E-state index contributed by atoms with van der Waals surface area (Å²) in [5.41, 5.74) is 3.02. The van der Waals surface area contributed by atoms with Crippen LogP contribution in [0.2, 0.25) is 0 Å². The lowest BCUT2D eigenvalue weighted by Gasteiger charge is -1.78. The van der Waals surface area contributed by atoms with Crippen molar-refractivity contribution in [1.29, 1.82) is 0 Å². The number of hydrogen-bond donors (Lipinski definition) is 1. The number of aromatic nitrogens is 1. The molecule has 0 aliphatic carbocycles. The van der Waals surface area contributed by atoms with Crippen LogP contribution in [0, 0.1) is 13.8 Å². The smallest absolute Gasteiger partial charge is 0.345 e. The first-order valence-corrected chi connectivity index (χ1v) is 6.00. The molecule has 80 valence electrons. The number of aryl methyl sites for hydroxylation is 2. The Bertz CT molecular complexity index is 404. The van der Waals surface area contributed by atoms with Crippen molar-refractivity contribution >= 4 is 28.6 Å². The summed E-state index contributed by atoms with van der Waals surface area (Å²) >= 11 is 2.92. The first-order valence-electron chi connectivity index (χ1n) is 4.24. The summed E-state index contributed by atoms with van der Waals surface area (Å²) in [7, 11) is 0. The Morgan fingerprint density at radius 2 is 2.13 bits per heavy atom. The lowest BCUT2D eigenvalue weighted by atomic mass is 10.4. The molecule has 0 bridgehead atoms. The molecule has 2 heterocycles. The predicted molar refractivity (Wildman–Crippen MR) is 62.9 cm³/mol. The Labute approximate surface area is 96.0 Å². The Hall–Kier alpha value is -1.20. The molecule has 0 aliphatic heterocycles. The van der Waals surface area contributed by atoms with E-state index >= 15 is 0 Å². The van der Waals surface area contributed by atoms with Crippen LogP contribution in [0.4, 0.5) is 0 Å². The number of thiophene rings is 1.